The van der Waals surface area contributed by atoms with Crippen molar-refractivity contribution in [3.8, 4) is 0 Å². The Bertz CT molecular complexity index is 375. The molecule has 0 radical (unpaired) electrons. The molecule has 0 amide bonds. The van der Waals surface area contributed by atoms with Gasteiger partial charge in [0.1, 0.15) is 0 Å². The molecule has 0 bridgehead atoms. The summed E-state index contributed by atoms with van der Waals surface area (Å²) in [6.45, 7) is 9.41. The van der Waals surface area contributed by atoms with Gasteiger partial charge in [-0.25, -0.2) is 4.98 Å². The second-order valence-corrected chi connectivity index (χ2v) is 5.80. The molecule has 2 heterocycles. The molecule has 5 heteroatoms. The summed E-state index contributed by atoms with van der Waals surface area (Å²) in [5.74, 6) is 0. The Labute approximate surface area is 100 Å². The Kier molecular flexibility index (Phi) is 3.19. The van der Waals surface area contributed by atoms with E-state index in [1.54, 1.807) is 11.3 Å². The number of anilines is 1. The van der Waals surface area contributed by atoms with Crippen LogP contribution in [0.1, 0.15) is 24.4 Å². The van der Waals surface area contributed by atoms with Gasteiger partial charge in [-0.15, -0.1) is 11.3 Å². The van der Waals surface area contributed by atoms with E-state index in [1.807, 2.05) is 6.92 Å². The highest BCUT2D eigenvalue weighted by Gasteiger charge is 2.28. The van der Waals surface area contributed by atoms with Gasteiger partial charge >= 0.3 is 0 Å². The van der Waals surface area contributed by atoms with Crippen molar-refractivity contribution in [1.29, 1.82) is 0 Å². The molecule has 2 rings (SSSR count). The largest absolute Gasteiger partial charge is 0.372 e. The number of hydrogen-bond acceptors (Lipinski definition) is 5. The number of hydrogen-bond donors (Lipinski definition) is 1. The van der Waals surface area contributed by atoms with Crippen LogP contribution in [0.4, 0.5) is 5.13 Å². The monoisotopic (exact) mass is 241 g/mol. The van der Waals surface area contributed by atoms with Crippen LogP contribution in [0.5, 0.6) is 0 Å². The molecule has 1 aromatic rings. The lowest BCUT2D eigenvalue weighted by atomic mass is 10.1. The van der Waals surface area contributed by atoms with Crippen LogP contribution >= 0.6 is 11.3 Å². The van der Waals surface area contributed by atoms with Crippen molar-refractivity contribution < 1.29 is 4.74 Å². The molecule has 0 saturated carbocycles. The Morgan fingerprint density at radius 2 is 2.31 bits per heavy atom. The third-order valence-electron chi connectivity index (χ3n) is 2.76. The van der Waals surface area contributed by atoms with Gasteiger partial charge in [-0.3, -0.25) is 0 Å². The van der Waals surface area contributed by atoms with Crippen LogP contribution < -0.4 is 10.6 Å². The number of nitrogens with zero attached hydrogens (tertiary/aromatic N) is 2. The average Bonchev–Trinajstić information content (AvgIpc) is 2.58. The van der Waals surface area contributed by atoms with Crippen LogP contribution in [-0.4, -0.2) is 30.3 Å². The van der Waals surface area contributed by atoms with Crippen molar-refractivity contribution in [2.45, 2.75) is 32.9 Å². The quantitative estimate of drug-likeness (QED) is 0.853. The summed E-state index contributed by atoms with van der Waals surface area (Å²) < 4.78 is 5.69. The summed E-state index contributed by atoms with van der Waals surface area (Å²) >= 11 is 1.70. The van der Waals surface area contributed by atoms with E-state index in [1.165, 1.54) is 4.88 Å². The lowest BCUT2D eigenvalue weighted by molar-refractivity contribution is -0.0277. The van der Waals surface area contributed by atoms with Crippen molar-refractivity contribution in [2.24, 2.45) is 5.73 Å². The Balaban J connectivity index is 2.17. The molecule has 0 aromatic carbocycles. The number of thiazole rings is 1. The molecule has 1 fully saturated rings. The van der Waals surface area contributed by atoms with Gasteiger partial charge in [-0.2, -0.15) is 0 Å². The molecule has 90 valence electrons. The van der Waals surface area contributed by atoms with E-state index >= 15 is 0 Å². The molecule has 1 aliphatic rings. The summed E-state index contributed by atoms with van der Waals surface area (Å²) in [4.78, 5) is 8.05. The minimum atomic E-state index is -0.0826. The van der Waals surface area contributed by atoms with E-state index < -0.39 is 0 Å². The summed E-state index contributed by atoms with van der Waals surface area (Å²) in [6.07, 6.45) is 0. The lowest BCUT2D eigenvalue weighted by Gasteiger charge is -2.38. The van der Waals surface area contributed by atoms with Gasteiger partial charge in [-0.05, 0) is 20.8 Å². The van der Waals surface area contributed by atoms with E-state index in [0.29, 0.717) is 6.54 Å². The first-order valence-electron chi connectivity index (χ1n) is 5.57. The van der Waals surface area contributed by atoms with E-state index in [2.05, 4.69) is 23.7 Å². The van der Waals surface area contributed by atoms with E-state index in [0.717, 1.165) is 30.5 Å². The second-order valence-electron chi connectivity index (χ2n) is 4.74. The highest BCUT2D eigenvalue weighted by Crippen LogP contribution is 2.29. The first-order valence-corrected chi connectivity index (χ1v) is 6.39. The lowest BCUT2D eigenvalue weighted by Crippen LogP contribution is -2.48. The molecule has 0 unspecified atom stereocenters. The normalized spacial score (nSPS) is 20.1. The third kappa shape index (κ3) is 2.36. The van der Waals surface area contributed by atoms with Crippen LogP contribution in [-0.2, 0) is 11.3 Å². The van der Waals surface area contributed by atoms with Gasteiger partial charge in [0.2, 0.25) is 0 Å². The van der Waals surface area contributed by atoms with E-state index in [-0.39, 0.29) is 5.60 Å². The summed E-state index contributed by atoms with van der Waals surface area (Å²) in [5, 5.41) is 1.08. The predicted molar refractivity (Wildman–Crippen MR) is 67.0 cm³/mol. The smallest absolute Gasteiger partial charge is 0.185 e. The molecule has 16 heavy (non-hydrogen) atoms. The number of morpholine rings is 1. The SMILES string of the molecule is Cc1nc(N2CCOC(C)(C)C2)sc1CN. The van der Waals surface area contributed by atoms with Crippen LogP contribution in [0, 0.1) is 6.92 Å². The van der Waals surface area contributed by atoms with Gasteiger partial charge in [0.25, 0.3) is 0 Å². The minimum absolute atomic E-state index is 0.0826. The third-order valence-corrected chi connectivity index (χ3v) is 4.00. The molecular weight excluding hydrogens is 222 g/mol. The molecule has 0 aliphatic carbocycles. The summed E-state index contributed by atoms with van der Waals surface area (Å²) in [5.41, 5.74) is 6.65. The number of ether oxygens (including phenoxy) is 1. The number of rotatable bonds is 2. The zero-order valence-electron chi connectivity index (χ0n) is 10.1. The Morgan fingerprint density at radius 3 is 2.88 bits per heavy atom. The summed E-state index contributed by atoms with van der Waals surface area (Å²) in [7, 11) is 0. The topological polar surface area (TPSA) is 51.4 Å². The average molecular weight is 241 g/mol. The standard InChI is InChI=1S/C11H19N3OS/c1-8-9(6-12)16-10(13-8)14-4-5-15-11(2,3)7-14/h4-7,12H2,1-3H3. The number of aryl methyl sites for hydroxylation is 1. The van der Waals surface area contributed by atoms with Crippen molar-refractivity contribution in [1.82, 2.24) is 4.98 Å². The van der Waals surface area contributed by atoms with Gasteiger partial charge in [-0.1, -0.05) is 0 Å². The Morgan fingerprint density at radius 1 is 1.56 bits per heavy atom. The number of aromatic nitrogens is 1. The molecule has 1 saturated heterocycles. The summed E-state index contributed by atoms with van der Waals surface area (Å²) in [6, 6.07) is 0. The van der Waals surface area contributed by atoms with E-state index in [9.17, 15) is 0 Å². The maximum Gasteiger partial charge on any atom is 0.185 e. The van der Waals surface area contributed by atoms with E-state index in [4.69, 9.17) is 10.5 Å². The fourth-order valence-electron chi connectivity index (χ4n) is 1.92. The fourth-order valence-corrected chi connectivity index (χ4v) is 2.88. The maximum absolute atomic E-state index is 5.69. The highest BCUT2D eigenvalue weighted by atomic mass is 32.1. The second kappa shape index (κ2) is 4.31. The van der Waals surface area contributed by atoms with Gasteiger partial charge in [0.05, 0.1) is 17.9 Å². The molecule has 2 N–H and O–H groups in total. The predicted octanol–water partition coefficient (Wildman–Crippen LogP) is 1.53. The molecule has 1 aliphatic heterocycles. The van der Waals surface area contributed by atoms with Crippen LogP contribution in [0.15, 0.2) is 0 Å². The first-order chi connectivity index (χ1) is 7.52. The van der Waals surface area contributed by atoms with Crippen molar-refractivity contribution in [3.05, 3.63) is 10.6 Å². The van der Waals surface area contributed by atoms with Crippen LogP contribution in [0.3, 0.4) is 0 Å². The molecular formula is C11H19N3OS. The van der Waals surface area contributed by atoms with Gasteiger partial charge in [0, 0.05) is 24.5 Å². The zero-order valence-corrected chi connectivity index (χ0v) is 10.9. The molecule has 0 atom stereocenters. The van der Waals surface area contributed by atoms with Crippen molar-refractivity contribution >= 4 is 16.5 Å². The Hall–Kier alpha value is -0.650. The first kappa shape index (κ1) is 11.8. The minimum Gasteiger partial charge on any atom is -0.372 e. The van der Waals surface area contributed by atoms with Crippen molar-refractivity contribution in [3.63, 3.8) is 0 Å². The van der Waals surface area contributed by atoms with Crippen molar-refractivity contribution in [2.75, 3.05) is 24.6 Å². The van der Waals surface area contributed by atoms with Crippen LogP contribution in [0.2, 0.25) is 0 Å². The van der Waals surface area contributed by atoms with Gasteiger partial charge < -0.3 is 15.4 Å². The molecule has 4 nitrogen and oxygen atoms in total. The molecule has 1 aromatic heterocycles. The zero-order chi connectivity index (χ0) is 11.8. The maximum atomic E-state index is 5.69. The number of nitrogens with two attached hydrogens (primary N) is 1. The highest BCUT2D eigenvalue weighted by molar-refractivity contribution is 7.15. The van der Waals surface area contributed by atoms with Crippen LogP contribution in [0.25, 0.3) is 0 Å². The van der Waals surface area contributed by atoms with Gasteiger partial charge in [0.15, 0.2) is 5.13 Å². The molecule has 0 spiro atoms. The fraction of sp³-hybridized carbons (Fsp3) is 0.727.